The second-order valence-electron chi connectivity index (χ2n) is 19.3. The van der Waals surface area contributed by atoms with E-state index in [2.05, 4.69) is 154 Å². The number of para-hydroxylation sites is 2. The largest absolute Gasteiger partial charge is 0.509 e. The van der Waals surface area contributed by atoms with Crippen LogP contribution in [0.25, 0.3) is 66.6 Å². The minimum Gasteiger partial charge on any atom is -0.509 e. The van der Waals surface area contributed by atoms with Crippen LogP contribution < -0.4 is 14.5 Å². The zero-order valence-corrected chi connectivity index (χ0v) is 40.4. The van der Waals surface area contributed by atoms with Gasteiger partial charge in [0.25, 0.3) is 0 Å². The van der Waals surface area contributed by atoms with E-state index in [-0.39, 0.29) is 36.8 Å². The summed E-state index contributed by atoms with van der Waals surface area (Å²) < 4.78 is 37.4. The van der Waals surface area contributed by atoms with Crippen molar-refractivity contribution < 1.29 is 29.3 Å². The average Bonchev–Trinajstić information content (AvgIpc) is 4.07. The van der Waals surface area contributed by atoms with E-state index in [0.29, 0.717) is 28.4 Å². The molecule has 0 radical (unpaired) electrons. The fraction of sp³-hybridized carbons (Fsp3) is 0.148. The Balaban J connectivity index is 0.00000582. The van der Waals surface area contributed by atoms with E-state index in [1.807, 2.05) is 95.6 Å². The summed E-state index contributed by atoms with van der Waals surface area (Å²) in [5.41, 5.74) is 12.5. The van der Waals surface area contributed by atoms with E-state index < -0.39 is 6.85 Å². The Bertz CT molecular complexity index is 3590. The summed E-state index contributed by atoms with van der Waals surface area (Å²) in [5, 5.41) is 1.88. The normalized spacial score (nSPS) is 13.8. The quantitative estimate of drug-likeness (QED) is 0.112. The fourth-order valence-corrected chi connectivity index (χ4v) is 9.10. The zero-order valence-electron chi connectivity index (χ0n) is 41.9. The van der Waals surface area contributed by atoms with Crippen LogP contribution in [0.15, 0.2) is 182 Å². The SMILES string of the molecule is [2H]C([2H])([2H])c1cc(-n2c3[c-]c(Oc4[c-]c(N5C=CN(c6cc(C(C)(C)C)cc(C(C)(C)C)c6)[CH-]5)cc(-c5ccccc5)c4)ccc3c3c2c2ccccc2n3-c2ccccc2)ncc1-c1ccccc1.[Pd]. The fourth-order valence-electron chi connectivity index (χ4n) is 9.10. The molecule has 0 saturated carbocycles. The van der Waals surface area contributed by atoms with Gasteiger partial charge >= 0.3 is 0 Å². The van der Waals surface area contributed by atoms with Crippen molar-refractivity contribution in [3.63, 3.8) is 0 Å². The minimum absolute atomic E-state index is 0. The van der Waals surface area contributed by atoms with E-state index in [9.17, 15) is 0 Å². The number of rotatable bonds is 8. The van der Waals surface area contributed by atoms with Crippen molar-refractivity contribution in [1.82, 2.24) is 14.1 Å². The first kappa shape index (κ1) is 41.1. The van der Waals surface area contributed by atoms with Crippen LogP contribution in [0.4, 0.5) is 11.4 Å². The Morgan fingerprint density at radius 3 is 1.88 bits per heavy atom. The van der Waals surface area contributed by atoms with Crippen molar-refractivity contribution in [2.45, 2.75) is 59.2 Å². The van der Waals surface area contributed by atoms with Gasteiger partial charge in [0.1, 0.15) is 5.82 Å². The maximum atomic E-state index is 8.74. The molecule has 68 heavy (non-hydrogen) atoms. The van der Waals surface area contributed by atoms with Crippen LogP contribution in [0.2, 0.25) is 0 Å². The molecule has 0 fully saturated rings. The molecule has 0 amide bonds. The summed E-state index contributed by atoms with van der Waals surface area (Å²) in [6, 6.07) is 62.4. The van der Waals surface area contributed by atoms with Crippen LogP contribution in [0.3, 0.4) is 0 Å². The maximum Gasteiger partial charge on any atom is 0.135 e. The van der Waals surface area contributed by atoms with Gasteiger partial charge in [-0.3, -0.25) is 0 Å². The molecule has 0 spiro atoms. The van der Waals surface area contributed by atoms with Crippen molar-refractivity contribution in [3.8, 4) is 45.3 Å². The molecule has 0 saturated heterocycles. The molecular weight excluding hydrogens is 925 g/mol. The topological polar surface area (TPSA) is 38.5 Å². The second kappa shape index (κ2) is 17.5. The first-order valence-corrected chi connectivity index (χ1v) is 22.8. The summed E-state index contributed by atoms with van der Waals surface area (Å²) in [4.78, 5) is 9.29. The van der Waals surface area contributed by atoms with Gasteiger partial charge in [0.05, 0.1) is 11.0 Å². The number of benzene rings is 7. The van der Waals surface area contributed by atoms with E-state index in [1.54, 1.807) is 12.3 Å². The van der Waals surface area contributed by atoms with Crippen LogP contribution in [0, 0.1) is 25.7 Å². The summed E-state index contributed by atoms with van der Waals surface area (Å²) >= 11 is 0. The number of hydrogen-bond donors (Lipinski definition) is 0. The first-order valence-electron chi connectivity index (χ1n) is 24.3. The second-order valence-corrected chi connectivity index (χ2v) is 19.3. The number of fused-ring (bicyclic) bond motifs is 5. The Morgan fingerprint density at radius 2 is 1.19 bits per heavy atom. The van der Waals surface area contributed by atoms with Crippen LogP contribution in [-0.2, 0) is 31.3 Å². The van der Waals surface area contributed by atoms with Gasteiger partial charge in [0, 0.05) is 70.1 Å². The van der Waals surface area contributed by atoms with Crippen LogP contribution in [0.1, 0.15) is 62.3 Å². The third-order valence-corrected chi connectivity index (χ3v) is 12.7. The van der Waals surface area contributed by atoms with Gasteiger partial charge < -0.3 is 23.7 Å². The molecule has 0 N–H and O–H groups in total. The molecule has 4 heterocycles. The molecule has 7 aromatic carbocycles. The summed E-state index contributed by atoms with van der Waals surface area (Å²) in [6.45, 7) is 13.2. The smallest absolute Gasteiger partial charge is 0.135 e. The van der Waals surface area contributed by atoms with Crippen molar-refractivity contribution in [3.05, 3.63) is 218 Å². The Labute approximate surface area is 417 Å². The molecule has 11 rings (SSSR count). The summed E-state index contributed by atoms with van der Waals surface area (Å²) in [6.07, 6.45) is 5.82. The van der Waals surface area contributed by atoms with E-state index in [4.69, 9.17) is 13.8 Å². The number of anilines is 2. The van der Waals surface area contributed by atoms with Gasteiger partial charge in [0.2, 0.25) is 0 Å². The van der Waals surface area contributed by atoms with Crippen LogP contribution in [0.5, 0.6) is 11.5 Å². The molecule has 10 aromatic rings. The van der Waals surface area contributed by atoms with E-state index in [1.165, 1.54) is 11.1 Å². The molecule has 6 nitrogen and oxygen atoms in total. The molecule has 3 aromatic heterocycles. The van der Waals surface area contributed by atoms with Gasteiger partial charge in [-0.25, -0.2) is 4.98 Å². The third-order valence-electron chi connectivity index (χ3n) is 12.7. The number of aromatic nitrogens is 3. The van der Waals surface area contributed by atoms with Gasteiger partial charge in [-0.05, 0) is 94.3 Å². The number of aryl methyl sites for hydroxylation is 1. The summed E-state index contributed by atoms with van der Waals surface area (Å²) in [7, 11) is 0. The van der Waals surface area contributed by atoms with Gasteiger partial charge in [-0.2, -0.15) is 6.07 Å². The number of pyridine rings is 1. The standard InChI is InChI=1S/C61H52N5O.Pd/c1-41-31-57(62-39-54(41)43-21-13-9-14-22-43)66-56-38-50(27-28-53(56)58-59(66)52-25-17-18-26-55(52)65(58)47-23-15-10-16-24-47)67-51-33-44(42-19-11-8-12-20-42)32-48(37-51)63-29-30-64(40-63)49-35-45(60(2,3)4)34-46(36-49)61(5,6)7;/h8-36,39-40H,1-7H3;/q-3;/i1D3;. The van der Waals surface area contributed by atoms with Crippen molar-refractivity contribution in [2.75, 3.05) is 9.80 Å². The van der Waals surface area contributed by atoms with Gasteiger partial charge in [0.15, 0.2) is 0 Å². The Hall–Kier alpha value is -7.17. The van der Waals surface area contributed by atoms with E-state index in [0.717, 1.165) is 61.1 Å². The van der Waals surface area contributed by atoms with Gasteiger partial charge in [-0.1, -0.05) is 156 Å². The molecule has 0 atom stereocenters. The Morgan fingerprint density at radius 1 is 0.559 bits per heavy atom. The number of hydrogen-bond acceptors (Lipinski definition) is 4. The van der Waals surface area contributed by atoms with Crippen LogP contribution in [-0.4, -0.2) is 14.1 Å². The van der Waals surface area contributed by atoms with Crippen molar-refractivity contribution in [2.24, 2.45) is 0 Å². The molecule has 1 aliphatic heterocycles. The molecule has 0 unspecified atom stereocenters. The molecular formula is C61H52N5OPd-3. The third kappa shape index (κ3) is 8.21. The molecule has 7 heteroatoms. The Kier molecular flexibility index (Phi) is 10.6. The summed E-state index contributed by atoms with van der Waals surface area (Å²) in [5.74, 6) is 1.43. The monoisotopic (exact) mass is 979 g/mol. The van der Waals surface area contributed by atoms with E-state index >= 15 is 0 Å². The molecule has 0 aliphatic carbocycles. The predicted molar refractivity (Wildman–Crippen MR) is 277 cm³/mol. The number of nitrogens with zero attached hydrogens (tertiary/aromatic N) is 5. The van der Waals surface area contributed by atoms with Crippen LogP contribution >= 0.6 is 0 Å². The molecule has 0 bridgehead atoms. The van der Waals surface area contributed by atoms with Crippen molar-refractivity contribution in [1.29, 1.82) is 0 Å². The maximum absolute atomic E-state index is 8.74. The average molecular weight is 981 g/mol. The van der Waals surface area contributed by atoms with Gasteiger partial charge in [-0.15, -0.1) is 48.3 Å². The molecule has 1 aliphatic rings. The number of ether oxygens (including phenoxy) is 1. The van der Waals surface area contributed by atoms with Crippen molar-refractivity contribution >= 4 is 44.2 Å². The first-order chi connectivity index (χ1) is 33.6. The molecule has 340 valence electrons. The minimum atomic E-state index is -2.43. The zero-order chi connectivity index (χ0) is 48.5. The predicted octanol–water partition coefficient (Wildman–Crippen LogP) is 15.7.